The number of aromatic carboxylic acids is 1. The van der Waals surface area contributed by atoms with Crippen LogP contribution in [0.3, 0.4) is 0 Å². The van der Waals surface area contributed by atoms with E-state index in [2.05, 4.69) is 4.98 Å². The quantitative estimate of drug-likeness (QED) is 0.699. The minimum Gasteiger partial charge on any atom is -0.478 e. The van der Waals surface area contributed by atoms with Crippen LogP contribution in [0.25, 0.3) is 0 Å². The van der Waals surface area contributed by atoms with Crippen molar-refractivity contribution in [2.75, 3.05) is 0 Å². The molecular formula is C10H12N2O2. The molecule has 2 rings (SSSR count). The largest absolute Gasteiger partial charge is 0.478 e. The molecule has 0 saturated heterocycles. The molecule has 1 atom stereocenters. The van der Waals surface area contributed by atoms with Crippen molar-refractivity contribution in [2.24, 2.45) is 5.73 Å². The van der Waals surface area contributed by atoms with Gasteiger partial charge in [0.05, 0.1) is 5.56 Å². The molecule has 1 aromatic heterocycles. The number of fused-ring (bicyclic) bond motifs is 1. The molecule has 0 spiro atoms. The van der Waals surface area contributed by atoms with Gasteiger partial charge < -0.3 is 10.8 Å². The van der Waals surface area contributed by atoms with Crippen LogP contribution in [0.2, 0.25) is 0 Å². The summed E-state index contributed by atoms with van der Waals surface area (Å²) in [5.41, 5.74) is 7.96. The lowest BCUT2D eigenvalue weighted by molar-refractivity contribution is 0.0696. The zero-order valence-corrected chi connectivity index (χ0v) is 7.73. The van der Waals surface area contributed by atoms with Crippen LogP contribution in [0.4, 0.5) is 0 Å². The Kier molecular flexibility index (Phi) is 2.21. The van der Waals surface area contributed by atoms with E-state index in [4.69, 9.17) is 10.8 Å². The summed E-state index contributed by atoms with van der Waals surface area (Å²) in [6.07, 6.45) is 4.26. The van der Waals surface area contributed by atoms with E-state index < -0.39 is 5.97 Å². The number of nitrogens with zero attached hydrogens (tertiary/aromatic N) is 1. The lowest BCUT2D eigenvalue weighted by atomic mass is 9.91. The molecule has 1 aromatic rings. The number of rotatable bonds is 1. The van der Waals surface area contributed by atoms with Gasteiger partial charge in [-0.1, -0.05) is 0 Å². The van der Waals surface area contributed by atoms with E-state index in [1.807, 2.05) is 0 Å². The Hall–Kier alpha value is -1.42. The predicted octanol–water partition coefficient (Wildman–Crippen LogP) is 1.12. The van der Waals surface area contributed by atoms with E-state index in [-0.39, 0.29) is 11.6 Å². The Labute approximate surface area is 81.8 Å². The van der Waals surface area contributed by atoms with Gasteiger partial charge in [0.1, 0.15) is 0 Å². The normalized spacial score (nSPS) is 20.2. The van der Waals surface area contributed by atoms with Crippen LogP contribution in [0.15, 0.2) is 12.3 Å². The SMILES string of the molecule is NC1CCCc2ncc(C(=O)O)cc21. The zero-order valence-electron chi connectivity index (χ0n) is 7.73. The van der Waals surface area contributed by atoms with Gasteiger partial charge in [-0.3, -0.25) is 4.98 Å². The van der Waals surface area contributed by atoms with Crippen LogP contribution in [-0.2, 0) is 6.42 Å². The summed E-state index contributed by atoms with van der Waals surface area (Å²) in [4.78, 5) is 14.8. The summed E-state index contributed by atoms with van der Waals surface area (Å²) in [5, 5.41) is 8.79. The van der Waals surface area contributed by atoms with Gasteiger partial charge in [0.25, 0.3) is 0 Å². The molecule has 0 saturated carbocycles. The van der Waals surface area contributed by atoms with Crippen molar-refractivity contribution < 1.29 is 9.90 Å². The van der Waals surface area contributed by atoms with Crippen LogP contribution in [0.5, 0.6) is 0 Å². The van der Waals surface area contributed by atoms with Crippen molar-refractivity contribution in [3.63, 3.8) is 0 Å². The fourth-order valence-electron chi connectivity index (χ4n) is 1.80. The van der Waals surface area contributed by atoms with Crippen LogP contribution >= 0.6 is 0 Å². The lowest BCUT2D eigenvalue weighted by Crippen LogP contribution is -2.19. The van der Waals surface area contributed by atoms with Crippen molar-refractivity contribution in [1.82, 2.24) is 4.98 Å². The summed E-state index contributed by atoms with van der Waals surface area (Å²) in [5.74, 6) is -0.946. The number of pyridine rings is 1. The zero-order chi connectivity index (χ0) is 10.1. The number of carboxylic acids is 1. The third kappa shape index (κ3) is 1.48. The molecule has 1 aliphatic carbocycles. The van der Waals surface area contributed by atoms with Gasteiger partial charge in [0, 0.05) is 17.9 Å². The van der Waals surface area contributed by atoms with Crippen molar-refractivity contribution in [2.45, 2.75) is 25.3 Å². The molecule has 1 aliphatic rings. The van der Waals surface area contributed by atoms with E-state index in [9.17, 15) is 4.79 Å². The molecule has 0 aromatic carbocycles. The summed E-state index contributed by atoms with van der Waals surface area (Å²) in [7, 11) is 0. The fourth-order valence-corrected chi connectivity index (χ4v) is 1.80. The molecule has 0 radical (unpaired) electrons. The van der Waals surface area contributed by atoms with Crippen molar-refractivity contribution in [3.8, 4) is 0 Å². The Bertz CT molecular complexity index is 376. The Morgan fingerprint density at radius 3 is 3.14 bits per heavy atom. The van der Waals surface area contributed by atoms with Crippen molar-refractivity contribution in [1.29, 1.82) is 0 Å². The fraction of sp³-hybridized carbons (Fsp3) is 0.400. The molecule has 0 bridgehead atoms. The summed E-state index contributed by atoms with van der Waals surface area (Å²) < 4.78 is 0. The summed E-state index contributed by atoms with van der Waals surface area (Å²) >= 11 is 0. The molecule has 0 amide bonds. The average molecular weight is 192 g/mol. The smallest absolute Gasteiger partial charge is 0.337 e. The van der Waals surface area contributed by atoms with E-state index in [0.717, 1.165) is 30.5 Å². The molecule has 1 unspecified atom stereocenters. The second-order valence-corrected chi connectivity index (χ2v) is 3.56. The van der Waals surface area contributed by atoms with E-state index in [1.54, 1.807) is 6.07 Å². The van der Waals surface area contributed by atoms with E-state index >= 15 is 0 Å². The van der Waals surface area contributed by atoms with Crippen LogP contribution in [0.1, 0.15) is 40.5 Å². The van der Waals surface area contributed by atoms with Gasteiger partial charge in [0.2, 0.25) is 0 Å². The average Bonchev–Trinajstić information content (AvgIpc) is 2.18. The highest BCUT2D eigenvalue weighted by Gasteiger charge is 2.19. The molecule has 4 nitrogen and oxygen atoms in total. The van der Waals surface area contributed by atoms with Gasteiger partial charge in [0.15, 0.2) is 0 Å². The maximum atomic E-state index is 10.7. The highest BCUT2D eigenvalue weighted by atomic mass is 16.4. The minimum absolute atomic E-state index is 0.0504. The number of carboxylic acid groups (broad SMARTS) is 1. The number of hydrogen-bond acceptors (Lipinski definition) is 3. The molecule has 0 fully saturated rings. The highest BCUT2D eigenvalue weighted by Crippen LogP contribution is 2.26. The number of aryl methyl sites for hydroxylation is 1. The Balaban J connectivity index is 2.45. The second-order valence-electron chi connectivity index (χ2n) is 3.56. The molecule has 74 valence electrons. The topological polar surface area (TPSA) is 76.2 Å². The van der Waals surface area contributed by atoms with Crippen molar-refractivity contribution in [3.05, 3.63) is 29.1 Å². The predicted molar refractivity (Wildman–Crippen MR) is 51.1 cm³/mol. The molecule has 3 N–H and O–H groups in total. The molecule has 0 aliphatic heterocycles. The first-order valence-corrected chi connectivity index (χ1v) is 4.66. The molecule has 4 heteroatoms. The Morgan fingerprint density at radius 1 is 1.64 bits per heavy atom. The van der Waals surface area contributed by atoms with Crippen LogP contribution < -0.4 is 5.73 Å². The first kappa shape index (κ1) is 9.15. The number of aromatic nitrogens is 1. The van der Waals surface area contributed by atoms with Gasteiger partial charge in [-0.05, 0) is 30.9 Å². The first-order chi connectivity index (χ1) is 6.68. The monoisotopic (exact) mass is 192 g/mol. The van der Waals surface area contributed by atoms with E-state index in [0.29, 0.717) is 0 Å². The number of hydrogen-bond donors (Lipinski definition) is 2. The Morgan fingerprint density at radius 2 is 2.43 bits per heavy atom. The highest BCUT2D eigenvalue weighted by molar-refractivity contribution is 5.87. The lowest BCUT2D eigenvalue weighted by Gasteiger charge is -2.21. The third-order valence-corrected chi connectivity index (χ3v) is 2.58. The molecule has 1 heterocycles. The standard InChI is InChI=1S/C10H12N2O2/c11-8-2-1-3-9-7(8)4-6(5-12-9)10(13)14/h4-5,8H,1-3,11H2,(H,13,14). The van der Waals surface area contributed by atoms with E-state index in [1.165, 1.54) is 6.20 Å². The number of nitrogens with two attached hydrogens (primary N) is 1. The van der Waals surface area contributed by atoms with Gasteiger partial charge in [-0.2, -0.15) is 0 Å². The summed E-state index contributed by atoms with van der Waals surface area (Å²) in [6, 6.07) is 1.60. The van der Waals surface area contributed by atoms with Gasteiger partial charge in [-0.25, -0.2) is 4.79 Å². The maximum absolute atomic E-state index is 10.7. The minimum atomic E-state index is -0.946. The third-order valence-electron chi connectivity index (χ3n) is 2.58. The van der Waals surface area contributed by atoms with Crippen LogP contribution in [-0.4, -0.2) is 16.1 Å². The maximum Gasteiger partial charge on any atom is 0.337 e. The summed E-state index contributed by atoms with van der Waals surface area (Å²) in [6.45, 7) is 0. The van der Waals surface area contributed by atoms with Gasteiger partial charge >= 0.3 is 5.97 Å². The van der Waals surface area contributed by atoms with Crippen molar-refractivity contribution >= 4 is 5.97 Å². The first-order valence-electron chi connectivity index (χ1n) is 4.66. The molecule has 14 heavy (non-hydrogen) atoms. The van der Waals surface area contributed by atoms with Crippen LogP contribution in [0, 0.1) is 0 Å². The van der Waals surface area contributed by atoms with Gasteiger partial charge in [-0.15, -0.1) is 0 Å². The number of carbonyl (C=O) groups is 1. The molecular weight excluding hydrogens is 180 g/mol. The second kappa shape index (κ2) is 3.38.